The lowest BCUT2D eigenvalue weighted by molar-refractivity contribution is 0.171. The van der Waals surface area contributed by atoms with Crippen LogP contribution in [0.2, 0.25) is 0 Å². The SMILES string of the molecule is CCc1cc(-c2ccc(OC)cc2)c(-c2ccc(OC)cc2)c2c1OCCO2. The number of hydrogen-bond acceptors (Lipinski definition) is 4. The molecule has 28 heavy (non-hydrogen) atoms. The fourth-order valence-corrected chi connectivity index (χ4v) is 3.58. The highest BCUT2D eigenvalue weighted by molar-refractivity contribution is 5.91. The van der Waals surface area contributed by atoms with Crippen LogP contribution < -0.4 is 18.9 Å². The predicted octanol–water partition coefficient (Wildman–Crippen LogP) is 5.37. The number of methoxy groups -OCH3 is 2. The average Bonchev–Trinajstić information content (AvgIpc) is 2.78. The van der Waals surface area contributed by atoms with E-state index in [0.29, 0.717) is 13.2 Å². The largest absolute Gasteiger partial charge is 0.497 e. The Kier molecular flexibility index (Phi) is 5.11. The summed E-state index contributed by atoms with van der Waals surface area (Å²) in [6.45, 7) is 3.26. The van der Waals surface area contributed by atoms with Gasteiger partial charge in [-0.3, -0.25) is 0 Å². The zero-order valence-electron chi connectivity index (χ0n) is 16.5. The molecule has 144 valence electrons. The molecule has 0 spiro atoms. The first-order chi connectivity index (χ1) is 13.7. The van der Waals surface area contributed by atoms with Crippen molar-refractivity contribution in [3.63, 3.8) is 0 Å². The van der Waals surface area contributed by atoms with Gasteiger partial charge >= 0.3 is 0 Å². The van der Waals surface area contributed by atoms with Crippen molar-refractivity contribution in [1.29, 1.82) is 0 Å². The third-order valence-corrected chi connectivity index (χ3v) is 5.05. The molecule has 3 aromatic carbocycles. The number of hydrogen-bond donors (Lipinski definition) is 0. The van der Waals surface area contributed by atoms with Crippen molar-refractivity contribution in [2.45, 2.75) is 13.3 Å². The number of aryl methyl sites for hydroxylation is 1. The zero-order chi connectivity index (χ0) is 19.5. The van der Waals surface area contributed by atoms with Gasteiger partial charge in [0.15, 0.2) is 11.5 Å². The van der Waals surface area contributed by atoms with Gasteiger partial charge < -0.3 is 18.9 Å². The van der Waals surface area contributed by atoms with Crippen LogP contribution in [0.15, 0.2) is 54.6 Å². The summed E-state index contributed by atoms with van der Waals surface area (Å²) in [4.78, 5) is 0. The molecule has 0 bridgehead atoms. The van der Waals surface area contributed by atoms with Gasteiger partial charge in [0.1, 0.15) is 24.7 Å². The normalized spacial score (nSPS) is 12.5. The molecule has 0 amide bonds. The molecular formula is C24H24O4. The molecule has 1 heterocycles. The molecule has 0 saturated heterocycles. The molecule has 0 aliphatic carbocycles. The van der Waals surface area contributed by atoms with Crippen LogP contribution in [0.4, 0.5) is 0 Å². The molecule has 0 fully saturated rings. The van der Waals surface area contributed by atoms with Crippen molar-refractivity contribution in [2.24, 2.45) is 0 Å². The molecule has 0 atom stereocenters. The summed E-state index contributed by atoms with van der Waals surface area (Å²) in [5.74, 6) is 3.34. The van der Waals surface area contributed by atoms with Gasteiger partial charge in [-0.25, -0.2) is 0 Å². The fourth-order valence-electron chi connectivity index (χ4n) is 3.58. The monoisotopic (exact) mass is 376 g/mol. The van der Waals surface area contributed by atoms with E-state index in [0.717, 1.165) is 57.2 Å². The molecule has 4 heteroatoms. The van der Waals surface area contributed by atoms with E-state index in [2.05, 4.69) is 37.3 Å². The molecule has 4 rings (SSSR count). The van der Waals surface area contributed by atoms with Gasteiger partial charge in [-0.1, -0.05) is 31.2 Å². The number of ether oxygens (including phenoxy) is 4. The van der Waals surface area contributed by atoms with E-state index < -0.39 is 0 Å². The second-order valence-electron chi connectivity index (χ2n) is 6.62. The highest BCUT2D eigenvalue weighted by Crippen LogP contribution is 2.48. The van der Waals surface area contributed by atoms with Crippen molar-refractivity contribution < 1.29 is 18.9 Å². The average molecular weight is 376 g/mol. The van der Waals surface area contributed by atoms with Gasteiger partial charge in [-0.15, -0.1) is 0 Å². The Morgan fingerprint density at radius 1 is 0.750 bits per heavy atom. The summed E-state index contributed by atoms with van der Waals surface area (Å²) >= 11 is 0. The third kappa shape index (κ3) is 3.26. The van der Waals surface area contributed by atoms with Crippen LogP contribution in [-0.4, -0.2) is 27.4 Å². The topological polar surface area (TPSA) is 36.9 Å². The molecule has 0 aromatic heterocycles. The van der Waals surface area contributed by atoms with E-state index in [-0.39, 0.29) is 0 Å². The van der Waals surface area contributed by atoms with Gasteiger partial charge in [-0.05, 0) is 59.0 Å². The molecule has 0 N–H and O–H groups in total. The van der Waals surface area contributed by atoms with Crippen LogP contribution in [0.25, 0.3) is 22.3 Å². The van der Waals surface area contributed by atoms with Gasteiger partial charge in [0.2, 0.25) is 0 Å². The van der Waals surface area contributed by atoms with Crippen LogP contribution in [0.3, 0.4) is 0 Å². The Labute approximate surface area is 165 Å². The zero-order valence-corrected chi connectivity index (χ0v) is 16.5. The van der Waals surface area contributed by atoms with Gasteiger partial charge in [0.05, 0.1) is 14.2 Å². The number of fused-ring (bicyclic) bond motifs is 1. The maximum absolute atomic E-state index is 6.13. The summed E-state index contributed by atoms with van der Waals surface area (Å²) in [5, 5.41) is 0. The van der Waals surface area contributed by atoms with E-state index in [1.54, 1.807) is 14.2 Å². The predicted molar refractivity (Wildman–Crippen MR) is 111 cm³/mol. The molecule has 0 unspecified atom stereocenters. The van der Waals surface area contributed by atoms with E-state index in [1.807, 2.05) is 24.3 Å². The minimum atomic E-state index is 0.547. The van der Waals surface area contributed by atoms with E-state index >= 15 is 0 Å². The standard InChI is InChI=1S/C24H24O4/c1-4-16-15-21(17-5-9-19(25-2)10-6-17)22(24-23(16)27-13-14-28-24)18-7-11-20(26-3)12-8-18/h5-12,15H,4,13-14H2,1-3H3. The molecule has 4 nitrogen and oxygen atoms in total. The Morgan fingerprint density at radius 3 is 1.82 bits per heavy atom. The summed E-state index contributed by atoms with van der Waals surface area (Å²) in [7, 11) is 3.35. The minimum Gasteiger partial charge on any atom is -0.497 e. The van der Waals surface area contributed by atoms with Gasteiger partial charge in [-0.2, -0.15) is 0 Å². The molecule has 1 aliphatic heterocycles. The van der Waals surface area contributed by atoms with Crippen LogP contribution in [0, 0.1) is 0 Å². The molecule has 1 aliphatic rings. The van der Waals surface area contributed by atoms with Crippen LogP contribution in [0.5, 0.6) is 23.0 Å². The molecule has 0 radical (unpaired) electrons. The Bertz CT molecular complexity index is 959. The first kappa shape index (κ1) is 18.2. The maximum atomic E-state index is 6.13. The van der Waals surface area contributed by atoms with Crippen molar-refractivity contribution in [1.82, 2.24) is 0 Å². The van der Waals surface area contributed by atoms with E-state index in [1.165, 1.54) is 0 Å². The van der Waals surface area contributed by atoms with Crippen molar-refractivity contribution >= 4 is 0 Å². The smallest absolute Gasteiger partial charge is 0.170 e. The Morgan fingerprint density at radius 2 is 1.29 bits per heavy atom. The first-order valence-corrected chi connectivity index (χ1v) is 9.49. The minimum absolute atomic E-state index is 0.547. The molecule has 0 saturated carbocycles. The Balaban J connectivity index is 1.96. The van der Waals surface area contributed by atoms with Crippen molar-refractivity contribution in [3.8, 4) is 45.3 Å². The first-order valence-electron chi connectivity index (χ1n) is 9.49. The molecular weight excluding hydrogens is 352 g/mol. The quantitative estimate of drug-likeness (QED) is 0.600. The van der Waals surface area contributed by atoms with E-state index in [4.69, 9.17) is 18.9 Å². The van der Waals surface area contributed by atoms with Gasteiger partial charge in [0.25, 0.3) is 0 Å². The second-order valence-corrected chi connectivity index (χ2v) is 6.62. The summed E-state index contributed by atoms with van der Waals surface area (Å²) in [5.41, 5.74) is 5.49. The van der Waals surface area contributed by atoms with Crippen LogP contribution in [-0.2, 0) is 6.42 Å². The highest BCUT2D eigenvalue weighted by atomic mass is 16.6. The lowest BCUT2D eigenvalue weighted by Crippen LogP contribution is -2.17. The Hall–Kier alpha value is -3.14. The van der Waals surface area contributed by atoms with Crippen LogP contribution >= 0.6 is 0 Å². The summed E-state index contributed by atoms with van der Waals surface area (Å²) in [6, 6.07) is 18.4. The summed E-state index contributed by atoms with van der Waals surface area (Å²) < 4.78 is 22.8. The van der Waals surface area contributed by atoms with Crippen molar-refractivity contribution in [3.05, 3.63) is 60.2 Å². The lowest BCUT2D eigenvalue weighted by atomic mass is 9.90. The van der Waals surface area contributed by atoms with Gasteiger partial charge in [0, 0.05) is 5.56 Å². The molecule has 3 aromatic rings. The lowest BCUT2D eigenvalue weighted by Gasteiger charge is -2.26. The summed E-state index contributed by atoms with van der Waals surface area (Å²) in [6.07, 6.45) is 0.873. The highest BCUT2D eigenvalue weighted by Gasteiger charge is 2.24. The second kappa shape index (κ2) is 7.85. The fraction of sp³-hybridized carbons (Fsp3) is 0.250. The van der Waals surface area contributed by atoms with Crippen LogP contribution in [0.1, 0.15) is 12.5 Å². The third-order valence-electron chi connectivity index (χ3n) is 5.05. The van der Waals surface area contributed by atoms with Crippen molar-refractivity contribution in [2.75, 3.05) is 27.4 Å². The maximum Gasteiger partial charge on any atom is 0.170 e. The number of benzene rings is 3. The number of rotatable bonds is 5. The van der Waals surface area contributed by atoms with E-state index in [9.17, 15) is 0 Å².